The molecule has 25 heavy (non-hydrogen) atoms. The number of nitrogens with zero attached hydrogens (tertiary/aromatic N) is 1. The fraction of sp³-hybridized carbons (Fsp3) is 0.842. The molecule has 140 valence electrons. The number of carbonyl (C=O) groups is 1. The fourth-order valence-corrected chi connectivity index (χ4v) is 3.82. The summed E-state index contributed by atoms with van der Waals surface area (Å²) in [6, 6.07) is 0. The first-order chi connectivity index (χ1) is 11.6. The highest BCUT2D eigenvalue weighted by Crippen LogP contribution is 2.39. The Labute approximate surface area is 152 Å². The van der Waals surface area contributed by atoms with Crippen molar-refractivity contribution in [3.05, 3.63) is 11.5 Å². The highest BCUT2D eigenvalue weighted by atomic mass is 16.7. The zero-order valence-corrected chi connectivity index (χ0v) is 16.5. The van der Waals surface area contributed by atoms with Crippen molar-refractivity contribution >= 4 is 13.0 Å². The smallest absolute Gasteiger partial charge is 0.400 e. The van der Waals surface area contributed by atoms with Crippen molar-refractivity contribution in [3.8, 4) is 0 Å². The second-order valence-corrected chi connectivity index (χ2v) is 8.89. The normalized spacial score (nSPS) is 31.6. The van der Waals surface area contributed by atoms with Crippen LogP contribution in [0, 0.1) is 11.8 Å². The summed E-state index contributed by atoms with van der Waals surface area (Å²) in [6.45, 7) is 14.6. The minimum atomic E-state index is -0.326. The summed E-state index contributed by atoms with van der Waals surface area (Å²) in [5.41, 5.74) is 0.497. The molecule has 1 amide bonds. The Morgan fingerprint density at radius 3 is 2.40 bits per heavy atom. The van der Waals surface area contributed by atoms with Gasteiger partial charge in [0, 0.05) is 19.7 Å². The third-order valence-electron chi connectivity index (χ3n) is 6.35. The molecule has 0 N–H and O–H groups in total. The molecule has 3 rings (SSSR count). The van der Waals surface area contributed by atoms with Crippen LogP contribution in [0.3, 0.4) is 0 Å². The monoisotopic (exact) mass is 349 g/mol. The maximum Gasteiger partial charge on any atom is 0.490 e. The predicted molar refractivity (Wildman–Crippen MR) is 98.0 cm³/mol. The van der Waals surface area contributed by atoms with E-state index in [0.29, 0.717) is 31.5 Å². The SMILES string of the molecule is CC(C)[C@@H]1CCO[C@@H]1C(=O)N1CC=C(B2OC(C)(C)C(C)(C)O2)CC1. The molecule has 2 fully saturated rings. The van der Waals surface area contributed by atoms with E-state index in [0.717, 1.165) is 18.3 Å². The van der Waals surface area contributed by atoms with E-state index in [2.05, 4.69) is 47.6 Å². The summed E-state index contributed by atoms with van der Waals surface area (Å²) in [6.07, 6.45) is 3.60. The van der Waals surface area contributed by atoms with Crippen LogP contribution in [0.2, 0.25) is 0 Å². The van der Waals surface area contributed by atoms with Crippen LogP contribution in [0.15, 0.2) is 11.5 Å². The molecule has 0 saturated carbocycles. The van der Waals surface area contributed by atoms with Gasteiger partial charge in [-0.05, 0) is 57.8 Å². The Bertz CT molecular complexity index is 542. The van der Waals surface area contributed by atoms with Gasteiger partial charge in [-0.25, -0.2) is 0 Å². The van der Waals surface area contributed by atoms with Crippen LogP contribution >= 0.6 is 0 Å². The first kappa shape index (κ1) is 18.9. The Morgan fingerprint density at radius 1 is 1.24 bits per heavy atom. The van der Waals surface area contributed by atoms with Crippen molar-refractivity contribution in [2.24, 2.45) is 11.8 Å². The van der Waals surface area contributed by atoms with Gasteiger partial charge in [0.15, 0.2) is 0 Å². The van der Waals surface area contributed by atoms with Crippen molar-refractivity contribution in [2.75, 3.05) is 19.7 Å². The fourth-order valence-electron chi connectivity index (χ4n) is 3.82. The molecule has 3 aliphatic rings. The molecule has 0 aromatic heterocycles. The molecule has 0 unspecified atom stereocenters. The highest BCUT2D eigenvalue weighted by Gasteiger charge is 2.52. The molecule has 0 radical (unpaired) electrons. The quantitative estimate of drug-likeness (QED) is 0.735. The van der Waals surface area contributed by atoms with Gasteiger partial charge in [-0.2, -0.15) is 0 Å². The van der Waals surface area contributed by atoms with Crippen molar-refractivity contribution in [3.63, 3.8) is 0 Å². The second-order valence-electron chi connectivity index (χ2n) is 8.89. The number of amides is 1. The van der Waals surface area contributed by atoms with Crippen LogP contribution < -0.4 is 0 Å². The minimum absolute atomic E-state index is 0.139. The van der Waals surface area contributed by atoms with Crippen molar-refractivity contribution < 1.29 is 18.8 Å². The molecule has 5 nitrogen and oxygen atoms in total. The standard InChI is InChI=1S/C19H32BNO4/c1-13(2)15-9-12-23-16(15)17(22)21-10-7-14(8-11-21)20-24-18(3,4)19(5,6)25-20/h7,13,15-16H,8-12H2,1-6H3/t15-,16-/m0/s1. The van der Waals surface area contributed by atoms with E-state index in [1.807, 2.05) is 4.90 Å². The second kappa shape index (κ2) is 6.71. The topological polar surface area (TPSA) is 48.0 Å². The lowest BCUT2D eigenvalue weighted by molar-refractivity contribution is -0.143. The first-order valence-corrected chi connectivity index (χ1v) is 9.57. The minimum Gasteiger partial charge on any atom is -0.400 e. The van der Waals surface area contributed by atoms with Crippen LogP contribution in [-0.2, 0) is 18.8 Å². The average molecular weight is 349 g/mol. The number of hydrogen-bond acceptors (Lipinski definition) is 4. The van der Waals surface area contributed by atoms with E-state index in [-0.39, 0.29) is 30.3 Å². The predicted octanol–water partition coefficient (Wildman–Crippen LogP) is 2.84. The van der Waals surface area contributed by atoms with Crippen molar-refractivity contribution in [1.82, 2.24) is 4.90 Å². The van der Waals surface area contributed by atoms with E-state index >= 15 is 0 Å². The maximum absolute atomic E-state index is 12.9. The van der Waals surface area contributed by atoms with E-state index < -0.39 is 0 Å². The molecular weight excluding hydrogens is 317 g/mol. The molecule has 3 heterocycles. The van der Waals surface area contributed by atoms with Gasteiger partial charge in [-0.3, -0.25) is 4.79 Å². The average Bonchev–Trinajstić information content (AvgIpc) is 3.10. The molecule has 0 bridgehead atoms. The summed E-state index contributed by atoms with van der Waals surface area (Å²) >= 11 is 0. The summed E-state index contributed by atoms with van der Waals surface area (Å²) in [7, 11) is -0.298. The lowest BCUT2D eigenvalue weighted by Gasteiger charge is -2.32. The Hall–Kier alpha value is -0.845. The van der Waals surface area contributed by atoms with Gasteiger partial charge < -0.3 is 18.9 Å². The zero-order chi connectivity index (χ0) is 18.4. The Morgan fingerprint density at radius 2 is 1.88 bits per heavy atom. The van der Waals surface area contributed by atoms with Gasteiger partial charge in [0.2, 0.25) is 0 Å². The summed E-state index contributed by atoms with van der Waals surface area (Å²) in [5, 5.41) is 0. The third-order valence-corrected chi connectivity index (χ3v) is 6.35. The molecule has 6 heteroatoms. The van der Waals surface area contributed by atoms with Gasteiger partial charge in [0.25, 0.3) is 5.91 Å². The van der Waals surface area contributed by atoms with Gasteiger partial charge in [-0.15, -0.1) is 0 Å². The van der Waals surface area contributed by atoms with Crippen molar-refractivity contribution in [1.29, 1.82) is 0 Å². The molecular formula is C19H32BNO4. The van der Waals surface area contributed by atoms with Crippen LogP contribution in [0.4, 0.5) is 0 Å². The van der Waals surface area contributed by atoms with Gasteiger partial charge in [0.05, 0.1) is 11.2 Å². The van der Waals surface area contributed by atoms with E-state index in [1.54, 1.807) is 0 Å². The molecule has 2 saturated heterocycles. The van der Waals surface area contributed by atoms with Crippen LogP contribution in [0.25, 0.3) is 0 Å². The van der Waals surface area contributed by atoms with Crippen LogP contribution in [0.5, 0.6) is 0 Å². The van der Waals surface area contributed by atoms with E-state index in [1.165, 1.54) is 0 Å². The van der Waals surface area contributed by atoms with Gasteiger partial charge >= 0.3 is 7.12 Å². The Balaban J connectivity index is 1.62. The third kappa shape index (κ3) is 3.53. The summed E-state index contributed by atoms with van der Waals surface area (Å²) < 4.78 is 18.0. The van der Waals surface area contributed by atoms with Gasteiger partial charge in [0.1, 0.15) is 6.10 Å². The molecule has 0 spiro atoms. The molecule has 0 aromatic carbocycles. The van der Waals surface area contributed by atoms with E-state index in [4.69, 9.17) is 14.0 Å². The zero-order valence-electron chi connectivity index (χ0n) is 16.5. The number of carbonyl (C=O) groups excluding carboxylic acids is 1. The number of hydrogen-bond donors (Lipinski definition) is 0. The lowest BCUT2D eigenvalue weighted by Crippen LogP contribution is -2.45. The summed E-state index contributed by atoms with van der Waals surface area (Å²) in [4.78, 5) is 14.8. The molecule has 0 aliphatic carbocycles. The molecule has 3 aliphatic heterocycles. The van der Waals surface area contributed by atoms with E-state index in [9.17, 15) is 4.79 Å². The molecule has 0 aromatic rings. The van der Waals surface area contributed by atoms with Crippen molar-refractivity contribution in [2.45, 2.75) is 71.7 Å². The number of rotatable bonds is 3. The van der Waals surface area contributed by atoms with Crippen LogP contribution in [-0.4, -0.2) is 54.9 Å². The highest BCUT2D eigenvalue weighted by molar-refractivity contribution is 6.54. The summed E-state index contributed by atoms with van der Waals surface area (Å²) in [5.74, 6) is 0.943. The van der Waals surface area contributed by atoms with Crippen LogP contribution in [0.1, 0.15) is 54.4 Å². The largest absolute Gasteiger partial charge is 0.490 e. The Kier molecular flexibility index (Phi) is 5.08. The first-order valence-electron chi connectivity index (χ1n) is 9.57. The molecule has 2 atom stereocenters. The van der Waals surface area contributed by atoms with Gasteiger partial charge in [-0.1, -0.05) is 19.9 Å². The lowest BCUT2D eigenvalue weighted by atomic mass is 9.74. The number of ether oxygens (including phenoxy) is 1. The maximum atomic E-state index is 12.9.